The van der Waals surface area contributed by atoms with Crippen LogP contribution in [-0.4, -0.2) is 48.9 Å². The Morgan fingerprint density at radius 1 is 0.846 bits per heavy atom. The van der Waals surface area contributed by atoms with Gasteiger partial charge in [0.1, 0.15) is 17.0 Å². The summed E-state index contributed by atoms with van der Waals surface area (Å²) in [6, 6.07) is 19.7. The highest BCUT2D eigenvalue weighted by molar-refractivity contribution is 6.13. The highest BCUT2D eigenvalue weighted by atomic mass is 16.5. The Balaban J connectivity index is 1.88. The molecule has 9 nitrogen and oxygen atoms in total. The van der Waals surface area contributed by atoms with E-state index in [-0.39, 0.29) is 11.9 Å². The van der Waals surface area contributed by atoms with E-state index in [1.54, 1.807) is 6.07 Å². The molecule has 1 spiro atoms. The molecule has 2 heterocycles. The van der Waals surface area contributed by atoms with Gasteiger partial charge in [-0.2, -0.15) is 4.99 Å². The molecule has 2 aliphatic heterocycles. The largest absolute Gasteiger partial charge is 0.456 e. The zero-order chi connectivity index (χ0) is 27.9. The number of nitrogens with two attached hydrogens (primary N) is 2. The number of amides is 1. The fraction of sp³-hybridized carbons (Fsp3) is 0.300. The van der Waals surface area contributed by atoms with Crippen LogP contribution in [0.3, 0.4) is 0 Å². The fourth-order valence-corrected chi connectivity index (χ4v) is 5.98. The predicted molar refractivity (Wildman–Crippen MR) is 156 cm³/mol. The number of hydrogen-bond donors (Lipinski definition) is 3. The number of nitrogens with one attached hydrogen (secondary N) is 1. The quantitative estimate of drug-likeness (QED) is 0.323. The van der Waals surface area contributed by atoms with Crippen molar-refractivity contribution in [1.82, 2.24) is 4.90 Å². The number of carbonyl (C=O) groups excluding carboxylic acids is 1. The van der Waals surface area contributed by atoms with E-state index in [4.69, 9.17) is 21.6 Å². The summed E-state index contributed by atoms with van der Waals surface area (Å²) in [5, 5.41) is 7.78. The molecule has 0 atom stereocenters. The minimum Gasteiger partial charge on any atom is -0.456 e. The molecular weight excluding hydrogens is 490 g/mol. The maximum absolute atomic E-state index is 14.0. The molecule has 9 heteroatoms. The van der Waals surface area contributed by atoms with Crippen LogP contribution in [-0.2, 0) is 5.54 Å². The number of carbonyl (C=O) groups is 1. The number of hydrogen-bond acceptors (Lipinski definition) is 5. The molecule has 0 fully saturated rings. The lowest BCUT2D eigenvalue weighted by Crippen LogP contribution is -2.53. The molecule has 1 amide bonds. The maximum atomic E-state index is 14.0. The number of ether oxygens (including phenoxy) is 1. The average Bonchev–Trinajstić information content (AvgIpc) is 3.18. The second kappa shape index (κ2) is 9.98. The molecule has 5 rings (SSSR count). The zero-order valence-corrected chi connectivity index (χ0v) is 22.9. The van der Waals surface area contributed by atoms with E-state index >= 15 is 0 Å². The topological polar surface area (TPSA) is 124 Å². The lowest BCUT2D eigenvalue weighted by Gasteiger charge is -2.44. The lowest BCUT2D eigenvalue weighted by atomic mass is 9.74. The summed E-state index contributed by atoms with van der Waals surface area (Å²) in [5.74, 6) is 0.325. The van der Waals surface area contributed by atoms with E-state index in [9.17, 15) is 4.79 Å². The third-order valence-corrected chi connectivity index (χ3v) is 7.74. The van der Waals surface area contributed by atoms with Gasteiger partial charge in [0, 0.05) is 71.9 Å². The van der Waals surface area contributed by atoms with E-state index < -0.39 is 11.5 Å². The summed E-state index contributed by atoms with van der Waals surface area (Å²) in [6.07, 6.45) is 0. The average molecular weight is 526 g/mol. The molecule has 39 heavy (non-hydrogen) atoms. The SMILES string of the molecule is CCN(CC)c1ccc2c(c1)Oc1cc(N(CC)CC)ccc1C21c2ccccc2C(=O)N1/C(N)=N/C(=N)N. The second-order valence-electron chi connectivity index (χ2n) is 9.56. The highest BCUT2D eigenvalue weighted by Gasteiger charge is 2.57. The van der Waals surface area contributed by atoms with Gasteiger partial charge in [0.05, 0.1) is 0 Å². The minimum absolute atomic E-state index is 0.150. The van der Waals surface area contributed by atoms with Crippen molar-refractivity contribution in [3.05, 3.63) is 82.9 Å². The van der Waals surface area contributed by atoms with Gasteiger partial charge in [-0.15, -0.1) is 0 Å². The van der Waals surface area contributed by atoms with Crippen molar-refractivity contribution >= 4 is 29.2 Å². The number of aliphatic imine (C=N–C) groups is 1. The molecule has 0 aromatic heterocycles. The van der Waals surface area contributed by atoms with Crippen molar-refractivity contribution in [3.63, 3.8) is 0 Å². The van der Waals surface area contributed by atoms with Crippen LogP contribution in [0.5, 0.6) is 11.5 Å². The number of rotatable bonds is 6. The standard InChI is InChI=1S/C30H35N7O2/c1-5-35(6-2)19-13-15-23-25(17-19)39-26-18-20(36(7-3)8-4)14-16-24(26)30(23)22-12-10-9-11-21(22)27(38)37(30)29(33)34-28(31)32/h9-18H,5-8H2,1-4H3,(H5,31,32,33,34). The van der Waals surface area contributed by atoms with Gasteiger partial charge < -0.3 is 26.0 Å². The van der Waals surface area contributed by atoms with Crippen LogP contribution in [0, 0.1) is 5.41 Å². The van der Waals surface area contributed by atoms with Crippen LogP contribution in [0.25, 0.3) is 0 Å². The zero-order valence-electron chi connectivity index (χ0n) is 22.9. The lowest BCUT2D eigenvalue weighted by molar-refractivity contribution is 0.0803. The molecule has 0 radical (unpaired) electrons. The van der Waals surface area contributed by atoms with Gasteiger partial charge in [0.15, 0.2) is 0 Å². The smallest absolute Gasteiger partial charge is 0.262 e. The summed E-state index contributed by atoms with van der Waals surface area (Å²) in [6.45, 7) is 11.8. The Morgan fingerprint density at radius 3 is 1.85 bits per heavy atom. The van der Waals surface area contributed by atoms with E-state index in [1.807, 2.05) is 54.6 Å². The molecule has 0 unspecified atom stereocenters. The van der Waals surface area contributed by atoms with Gasteiger partial charge in [-0.3, -0.25) is 15.1 Å². The van der Waals surface area contributed by atoms with Crippen molar-refractivity contribution in [2.24, 2.45) is 16.5 Å². The summed E-state index contributed by atoms with van der Waals surface area (Å²) in [4.78, 5) is 24.0. The molecule has 3 aromatic rings. The molecule has 3 aromatic carbocycles. The molecule has 0 aliphatic carbocycles. The van der Waals surface area contributed by atoms with Crippen LogP contribution < -0.4 is 26.0 Å². The van der Waals surface area contributed by atoms with Gasteiger partial charge in [-0.1, -0.05) is 30.3 Å². The van der Waals surface area contributed by atoms with Crippen LogP contribution in [0.2, 0.25) is 0 Å². The molecule has 0 saturated heterocycles. The Morgan fingerprint density at radius 2 is 1.36 bits per heavy atom. The van der Waals surface area contributed by atoms with Crippen LogP contribution in [0.15, 0.2) is 65.7 Å². The third kappa shape index (κ3) is 3.88. The third-order valence-electron chi connectivity index (χ3n) is 7.74. The highest BCUT2D eigenvalue weighted by Crippen LogP contribution is 2.58. The van der Waals surface area contributed by atoms with E-state index in [1.165, 1.54) is 4.90 Å². The molecule has 0 saturated carbocycles. The van der Waals surface area contributed by atoms with Gasteiger partial charge in [0.25, 0.3) is 5.91 Å². The molecule has 202 valence electrons. The van der Waals surface area contributed by atoms with Crippen molar-refractivity contribution in [3.8, 4) is 11.5 Å². The number of anilines is 2. The van der Waals surface area contributed by atoms with Crippen LogP contribution in [0.1, 0.15) is 54.7 Å². The predicted octanol–water partition coefficient (Wildman–Crippen LogP) is 4.44. The normalized spacial score (nSPS) is 14.9. The van der Waals surface area contributed by atoms with Crippen molar-refractivity contribution < 1.29 is 9.53 Å². The van der Waals surface area contributed by atoms with Crippen molar-refractivity contribution in [2.75, 3.05) is 36.0 Å². The molecule has 0 bridgehead atoms. The first-order valence-electron chi connectivity index (χ1n) is 13.4. The Labute approximate surface area is 229 Å². The summed E-state index contributed by atoms with van der Waals surface area (Å²) >= 11 is 0. The summed E-state index contributed by atoms with van der Waals surface area (Å²) in [7, 11) is 0. The van der Waals surface area contributed by atoms with Crippen molar-refractivity contribution in [1.29, 1.82) is 5.41 Å². The molecule has 2 aliphatic rings. The Kier molecular flexibility index (Phi) is 6.68. The van der Waals surface area contributed by atoms with Gasteiger partial charge in [0.2, 0.25) is 11.9 Å². The Hall–Kier alpha value is -4.53. The van der Waals surface area contributed by atoms with E-state index in [2.05, 4.69) is 42.5 Å². The summed E-state index contributed by atoms with van der Waals surface area (Å²) < 4.78 is 6.64. The first kappa shape index (κ1) is 26.1. The number of nitrogens with zero attached hydrogens (tertiary/aromatic N) is 4. The van der Waals surface area contributed by atoms with Crippen LogP contribution >= 0.6 is 0 Å². The second-order valence-corrected chi connectivity index (χ2v) is 9.56. The fourth-order valence-electron chi connectivity index (χ4n) is 5.98. The van der Waals surface area contributed by atoms with Gasteiger partial charge >= 0.3 is 0 Å². The molecule has 5 N–H and O–H groups in total. The first-order valence-corrected chi connectivity index (χ1v) is 13.4. The van der Waals surface area contributed by atoms with Crippen LogP contribution in [0.4, 0.5) is 11.4 Å². The maximum Gasteiger partial charge on any atom is 0.262 e. The van der Waals surface area contributed by atoms with E-state index in [0.717, 1.165) is 54.2 Å². The van der Waals surface area contributed by atoms with Gasteiger partial charge in [-0.05, 0) is 45.9 Å². The molecular formula is C30H35N7O2. The number of guanidine groups is 2. The number of benzene rings is 3. The Bertz CT molecular complexity index is 1410. The van der Waals surface area contributed by atoms with Crippen molar-refractivity contribution in [2.45, 2.75) is 33.2 Å². The number of fused-ring (bicyclic) bond motifs is 6. The van der Waals surface area contributed by atoms with Gasteiger partial charge in [-0.25, -0.2) is 0 Å². The first-order chi connectivity index (χ1) is 18.8. The van der Waals surface area contributed by atoms with E-state index in [0.29, 0.717) is 17.1 Å². The monoisotopic (exact) mass is 525 g/mol. The minimum atomic E-state index is -1.16. The summed E-state index contributed by atoms with van der Waals surface area (Å²) in [5.41, 5.74) is 15.8.